The molecule has 0 amide bonds. The summed E-state index contributed by atoms with van der Waals surface area (Å²) in [5, 5.41) is 10.5. The maximum Gasteiger partial charge on any atom is 0.0475 e. The van der Waals surface area contributed by atoms with Gasteiger partial charge in [-0.05, 0) is 11.8 Å². The first-order valence-electron chi connectivity index (χ1n) is 3.34. The van der Waals surface area contributed by atoms with Crippen molar-refractivity contribution in [3.05, 3.63) is 0 Å². The highest BCUT2D eigenvalue weighted by Crippen LogP contribution is 2.18. The van der Waals surface area contributed by atoms with Gasteiger partial charge in [0.2, 0.25) is 0 Å². The largest absolute Gasteiger partial charge is 0.396 e. The van der Waals surface area contributed by atoms with Gasteiger partial charge in [-0.2, -0.15) is 0 Å². The number of aliphatic hydroxyl groups excluding tert-OH is 1. The molecular formula is C6H14N2O. The molecule has 54 valence electrons. The molecule has 9 heavy (non-hydrogen) atoms. The fourth-order valence-corrected chi connectivity index (χ4v) is 1.31. The molecule has 0 radical (unpaired) electrons. The Bertz CT molecular complexity index is 97.1. The predicted molar refractivity (Wildman–Crippen MR) is 35.5 cm³/mol. The number of hydrazine groups is 1. The Morgan fingerprint density at radius 3 is 2.56 bits per heavy atom. The molecule has 0 aliphatic carbocycles. The SMILES string of the molecule is C[C@H]1CN(N)C[C@@H]1CO. The van der Waals surface area contributed by atoms with E-state index in [4.69, 9.17) is 10.9 Å². The van der Waals surface area contributed by atoms with Gasteiger partial charge < -0.3 is 5.11 Å². The van der Waals surface area contributed by atoms with Crippen LogP contribution in [0.15, 0.2) is 0 Å². The lowest BCUT2D eigenvalue weighted by Crippen LogP contribution is -2.28. The Hall–Kier alpha value is -0.120. The van der Waals surface area contributed by atoms with E-state index in [1.165, 1.54) is 0 Å². The third-order valence-corrected chi connectivity index (χ3v) is 2.03. The summed E-state index contributed by atoms with van der Waals surface area (Å²) in [6.45, 7) is 4.16. The van der Waals surface area contributed by atoms with Crippen molar-refractivity contribution in [2.24, 2.45) is 17.7 Å². The minimum atomic E-state index is 0.273. The van der Waals surface area contributed by atoms with Crippen molar-refractivity contribution in [3.63, 3.8) is 0 Å². The smallest absolute Gasteiger partial charge is 0.0475 e. The molecule has 1 heterocycles. The Labute approximate surface area is 55.4 Å². The molecule has 0 saturated carbocycles. The van der Waals surface area contributed by atoms with E-state index in [1.54, 1.807) is 5.01 Å². The zero-order valence-electron chi connectivity index (χ0n) is 5.75. The fraction of sp³-hybridized carbons (Fsp3) is 1.00. The Morgan fingerprint density at radius 2 is 2.33 bits per heavy atom. The highest BCUT2D eigenvalue weighted by atomic mass is 16.3. The van der Waals surface area contributed by atoms with E-state index in [-0.39, 0.29) is 6.61 Å². The van der Waals surface area contributed by atoms with Gasteiger partial charge in [0, 0.05) is 19.7 Å². The van der Waals surface area contributed by atoms with Gasteiger partial charge in [-0.25, -0.2) is 5.01 Å². The van der Waals surface area contributed by atoms with Crippen molar-refractivity contribution in [1.82, 2.24) is 5.01 Å². The quantitative estimate of drug-likeness (QED) is 0.467. The van der Waals surface area contributed by atoms with E-state index in [1.807, 2.05) is 0 Å². The number of hydrogen-bond acceptors (Lipinski definition) is 3. The third kappa shape index (κ3) is 1.41. The van der Waals surface area contributed by atoms with E-state index in [2.05, 4.69) is 6.92 Å². The normalized spacial score (nSPS) is 37.7. The van der Waals surface area contributed by atoms with Crippen molar-refractivity contribution >= 4 is 0 Å². The van der Waals surface area contributed by atoms with Gasteiger partial charge in [0.1, 0.15) is 0 Å². The number of nitrogens with zero attached hydrogens (tertiary/aromatic N) is 1. The monoisotopic (exact) mass is 130 g/mol. The first kappa shape index (κ1) is 6.99. The van der Waals surface area contributed by atoms with Crippen LogP contribution in [0.2, 0.25) is 0 Å². The third-order valence-electron chi connectivity index (χ3n) is 2.03. The molecule has 2 atom stereocenters. The van der Waals surface area contributed by atoms with Crippen LogP contribution in [0.3, 0.4) is 0 Å². The molecule has 0 aromatic heterocycles. The van der Waals surface area contributed by atoms with Crippen LogP contribution in [0.25, 0.3) is 0 Å². The zero-order valence-corrected chi connectivity index (χ0v) is 5.75. The molecule has 3 N–H and O–H groups in total. The number of hydrogen-bond donors (Lipinski definition) is 2. The summed E-state index contributed by atoms with van der Waals surface area (Å²) in [5.41, 5.74) is 0. The van der Waals surface area contributed by atoms with E-state index in [0.717, 1.165) is 13.1 Å². The average Bonchev–Trinajstić information content (AvgIpc) is 2.10. The van der Waals surface area contributed by atoms with E-state index in [0.29, 0.717) is 11.8 Å². The molecule has 0 spiro atoms. The van der Waals surface area contributed by atoms with Crippen LogP contribution in [0.1, 0.15) is 6.92 Å². The molecule has 0 unspecified atom stereocenters. The number of rotatable bonds is 1. The summed E-state index contributed by atoms with van der Waals surface area (Å²) in [7, 11) is 0. The van der Waals surface area contributed by atoms with Crippen LogP contribution in [-0.2, 0) is 0 Å². The molecule has 3 heteroatoms. The van der Waals surface area contributed by atoms with Crippen LogP contribution >= 0.6 is 0 Å². The molecule has 0 aromatic rings. The molecule has 1 saturated heterocycles. The lowest BCUT2D eigenvalue weighted by atomic mass is 10.00. The van der Waals surface area contributed by atoms with E-state index in [9.17, 15) is 0 Å². The van der Waals surface area contributed by atoms with Gasteiger partial charge >= 0.3 is 0 Å². The van der Waals surface area contributed by atoms with Crippen LogP contribution in [0.4, 0.5) is 0 Å². The predicted octanol–water partition coefficient (Wildman–Crippen LogP) is -0.580. The molecule has 0 aromatic carbocycles. The fourth-order valence-electron chi connectivity index (χ4n) is 1.31. The first-order chi connectivity index (χ1) is 4.24. The maximum atomic E-state index is 8.77. The molecule has 1 aliphatic heterocycles. The minimum absolute atomic E-state index is 0.273. The van der Waals surface area contributed by atoms with Crippen molar-refractivity contribution in [2.75, 3.05) is 19.7 Å². The van der Waals surface area contributed by atoms with Gasteiger partial charge in [-0.3, -0.25) is 5.84 Å². The van der Waals surface area contributed by atoms with Crippen LogP contribution in [-0.4, -0.2) is 29.8 Å². The van der Waals surface area contributed by atoms with Crippen molar-refractivity contribution in [2.45, 2.75) is 6.92 Å². The summed E-state index contributed by atoms with van der Waals surface area (Å²) in [4.78, 5) is 0. The summed E-state index contributed by atoms with van der Waals surface area (Å²) in [6.07, 6.45) is 0. The lowest BCUT2D eigenvalue weighted by Gasteiger charge is -2.07. The molecular weight excluding hydrogens is 116 g/mol. The summed E-state index contributed by atoms with van der Waals surface area (Å²) in [5.74, 6) is 6.47. The van der Waals surface area contributed by atoms with Crippen LogP contribution < -0.4 is 5.84 Å². The van der Waals surface area contributed by atoms with Crippen LogP contribution in [0, 0.1) is 11.8 Å². The van der Waals surface area contributed by atoms with Gasteiger partial charge in [0.15, 0.2) is 0 Å². The molecule has 3 nitrogen and oxygen atoms in total. The Morgan fingerprint density at radius 1 is 1.67 bits per heavy atom. The molecule has 1 fully saturated rings. The highest BCUT2D eigenvalue weighted by Gasteiger charge is 2.26. The second-order valence-corrected chi connectivity index (χ2v) is 2.87. The molecule has 1 rings (SSSR count). The van der Waals surface area contributed by atoms with Gasteiger partial charge in [-0.1, -0.05) is 6.92 Å². The topological polar surface area (TPSA) is 49.5 Å². The van der Waals surface area contributed by atoms with E-state index < -0.39 is 0 Å². The van der Waals surface area contributed by atoms with Gasteiger partial charge in [-0.15, -0.1) is 0 Å². The second kappa shape index (κ2) is 2.64. The Balaban J connectivity index is 2.38. The second-order valence-electron chi connectivity index (χ2n) is 2.87. The van der Waals surface area contributed by atoms with Crippen molar-refractivity contribution in [1.29, 1.82) is 0 Å². The highest BCUT2D eigenvalue weighted by molar-refractivity contribution is 4.77. The summed E-state index contributed by atoms with van der Waals surface area (Å²) < 4.78 is 0. The average molecular weight is 130 g/mol. The lowest BCUT2D eigenvalue weighted by molar-refractivity contribution is 0.205. The van der Waals surface area contributed by atoms with Gasteiger partial charge in [0.25, 0.3) is 0 Å². The zero-order chi connectivity index (χ0) is 6.85. The first-order valence-corrected chi connectivity index (χ1v) is 3.34. The number of aliphatic hydroxyl groups is 1. The van der Waals surface area contributed by atoms with E-state index >= 15 is 0 Å². The standard InChI is InChI=1S/C6H14N2O/c1-5-2-8(7)3-6(5)4-9/h5-6,9H,2-4,7H2,1H3/t5-,6+/m0/s1. The molecule has 0 bridgehead atoms. The Kier molecular flexibility index (Phi) is 2.05. The minimum Gasteiger partial charge on any atom is -0.396 e. The van der Waals surface area contributed by atoms with Crippen LogP contribution in [0.5, 0.6) is 0 Å². The number of nitrogens with two attached hydrogens (primary N) is 1. The van der Waals surface area contributed by atoms with Gasteiger partial charge in [0.05, 0.1) is 0 Å². The maximum absolute atomic E-state index is 8.77. The van der Waals surface area contributed by atoms with Crippen molar-refractivity contribution < 1.29 is 5.11 Å². The summed E-state index contributed by atoms with van der Waals surface area (Å²) in [6, 6.07) is 0. The van der Waals surface area contributed by atoms with Crippen molar-refractivity contribution in [3.8, 4) is 0 Å². The molecule has 1 aliphatic rings. The summed E-state index contributed by atoms with van der Waals surface area (Å²) >= 11 is 0.